The predicted molar refractivity (Wildman–Crippen MR) is 125 cm³/mol. The molecule has 0 unspecified atom stereocenters. The van der Waals surface area contributed by atoms with Crippen LogP contribution in [0.2, 0.25) is 0 Å². The van der Waals surface area contributed by atoms with Crippen LogP contribution in [0.15, 0.2) is 48.5 Å². The Bertz CT molecular complexity index is 1240. The predicted octanol–water partition coefficient (Wildman–Crippen LogP) is 5.45. The topological polar surface area (TPSA) is 85.8 Å². The molecule has 4 rings (SSSR count). The number of nitrogens with zero attached hydrogens (tertiary/aromatic N) is 1. The number of aromatic nitrogens is 1. The molecule has 1 aliphatic carbocycles. The van der Waals surface area contributed by atoms with E-state index in [1.807, 2.05) is 30.3 Å². The normalized spacial score (nSPS) is 19.9. The molecule has 3 aromatic rings. The van der Waals surface area contributed by atoms with Crippen molar-refractivity contribution in [1.29, 1.82) is 5.26 Å². The van der Waals surface area contributed by atoms with Gasteiger partial charge in [0.15, 0.2) is 0 Å². The SMILES string of the molecule is CC(C)(C)S(=O)(=O)NC1CCC(c2cc3c(-c4cccc(C#N)c4)cccc3[nH]2)CC1. The maximum atomic E-state index is 12.5. The first-order valence-electron chi connectivity index (χ1n) is 10.8. The first kappa shape index (κ1) is 21.6. The Hall–Kier alpha value is -2.62. The number of fused-ring (bicyclic) bond motifs is 1. The molecule has 31 heavy (non-hydrogen) atoms. The van der Waals surface area contributed by atoms with E-state index in [1.54, 1.807) is 20.8 Å². The van der Waals surface area contributed by atoms with E-state index in [-0.39, 0.29) is 6.04 Å². The number of benzene rings is 2. The van der Waals surface area contributed by atoms with Gasteiger partial charge in [-0.2, -0.15) is 5.26 Å². The minimum Gasteiger partial charge on any atom is -0.358 e. The van der Waals surface area contributed by atoms with E-state index in [0.717, 1.165) is 47.7 Å². The lowest BCUT2D eigenvalue weighted by molar-refractivity contribution is 0.368. The molecule has 1 saturated carbocycles. The lowest BCUT2D eigenvalue weighted by Gasteiger charge is -2.31. The Kier molecular flexibility index (Phi) is 5.67. The number of hydrogen-bond acceptors (Lipinski definition) is 3. The van der Waals surface area contributed by atoms with Crippen LogP contribution in [0.25, 0.3) is 22.0 Å². The molecular weight excluding hydrogens is 406 g/mol. The van der Waals surface area contributed by atoms with E-state index in [0.29, 0.717) is 11.5 Å². The van der Waals surface area contributed by atoms with Gasteiger partial charge in [0.25, 0.3) is 0 Å². The van der Waals surface area contributed by atoms with Gasteiger partial charge in [-0.25, -0.2) is 13.1 Å². The summed E-state index contributed by atoms with van der Waals surface area (Å²) in [6.45, 7) is 5.19. The maximum Gasteiger partial charge on any atom is 0.216 e. The van der Waals surface area contributed by atoms with Crippen molar-refractivity contribution in [1.82, 2.24) is 9.71 Å². The fourth-order valence-electron chi connectivity index (χ4n) is 4.32. The smallest absolute Gasteiger partial charge is 0.216 e. The van der Waals surface area contributed by atoms with E-state index >= 15 is 0 Å². The van der Waals surface area contributed by atoms with Gasteiger partial charge in [0.05, 0.1) is 16.4 Å². The Labute approximate surface area is 184 Å². The number of rotatable bonds is 4. The third kappa shape index (κ3) is 4.39. The first-order chi connectivity index (χ1) is 14.7. The maximum absolute atomic E-state index is 12.5. The average Bonchev–Trinajstić information content (AvgIpc) is 3.17. The molecule has 0 bridgehead atoms. The summed E-state index contributed by atoms with van der Waals surface area (Å²) in [5.41, 5.74) is 5.10. The van der Waals surface area contributed by atoms with Gasteiger partial charge in [-0.3, -0.25) is 0 Å². The fourth-order valence-corrected chi connectivity index (χ4v) is 5.35. The summed E-state index contributed by atoms with van der Waals surface area (Å²) in [7, 11) is -3.32. The molecule has 5 nitrogen and oxygen atoms in total. The van der Waals surface area contributed by atoms with E-state index in [2.05, 4.69) is 34.0 Å². The van der Waals surface area contributed by atoms with Crippen LogP contribution in [0.5, 0.6) is 0 Å². The highest BCUT2D eigenvalue weighted by molar-refractivity contribution is 7.90. The van der Waals surface area contributed by atoms with E-state index in [9.17, 15) is 13.7 Å². The van der Waals surface area contributed by atoms with Gasteiger partial charge in [-0.05, 0) is 87.8 Å². The molecule has 1 heterocycles. The molecule has 1 aromatic heterocycles. The van der Waals surface area contributed by atoms with Crippen LogP contribution in [-0.4, -0.2) is 24.2 Å². The lowest BCUT2D eigenvalue weighted by atomic mass is 9.84. The number of aromatic amines is 1. The molecule has 1 aliphatic rings. The summed E-state index contributed by atoms with van der Waals surface area (Å²) >= 11 is 0. The van der Waals surface area contributed by atoms with Crippen molar-refractivity contribution in [2.24, 2.45) is 0 Å². The molecule has 0 spiro atoms. The monoisotopic (exact) mass is 435 g/mol. The summed E-state index contributed by atoms with van der Waals surface area (Å²) in [5, 5.41) is 10.4. The van der Waals surface area contributed by atoms with Crippen LogP contribution in [0, 0.1) is 11.3 Å². The van der Waals surface area contributed by atoms with Crippen LogP contribution in [0.1, 0.15) is 63.6 Å². The molecule has 0 radical (unpaired) electrons. The fraction of sp³-hybridized carbons (Fsp3) is 0.400. The number of hydrogen-bond donors (Lipinski definition) is 2. The van der Waals surface area contributed by atoms with Crippen LogP contribution < -0.4 is 4.72 Å². The zero-order chi connectivity index (χ0) is 22.2. The highest BCUT2D eigenvalue weighted by Crippen LogP contribution is 2.37. The largest absolute Gasteiger partial charge is 0.358 e. The molecule has 6 heteroatoms. The summed E-state index contributed by atoms with van der Waals surface area (Å²) in [4.78, 5) is 3.59. The van der Waals surface area contributed by atoms with Crippen LogP contribution in [0.3, 0.4) is 0 Å². The average molecular weight is 436 g/mol. The second-order valence-corrected chi connectivity index (χ2v) is 11.9. The summed E-state index contributed by atoms with van der Waals surface area (Å²) in [6, 6.07) is 18.4. The first-order valence-corrected chi connectivity index (χ1v) is 12.3. The van der Waals surface area contributed by atoms with Crippen LogP contribution >= 0.6 is 0 Å². The second kappa shape index (κ2) is 8.14. The highest BCUT2D eigenvalue weighted by Gasteiger charge is 2.33. The van der Waals surface area contributed by atoms with Crippen LogP contribution in [-0.2, 0) is 10.0 Å². The van der Waals surface area contributed by atoms with Crippen molar-refractivity contribution in [3.8, 4) is 17.2 Å². The Morgan fingerprint density at radius 1 is 1.03 bits per heavy atom. The van der Waals surface area contributed by atoms with E-state index in [4.69, 9.17) is 0 Å². The second-order valence-electron chi connectivity index (χ2n) is 9.47. The molecule has 162 valence electrons. The van der Waals surface area contributed by atoms with Crippen molar-refractivity contribution in [3.63, 3.8) is 0 Å². The number of sulfonamides is 1. The zero-order valence-corrected chi connectivity index (χ0v) is 19.1. The lowest BCUT2D eigenvalue weighted by Crippen LogP contribution is -2.45. The number of nitrogens with one attached hydrogen (secondary N) is 2. The minimum atomic E-state index is -3.32. The van der Waals surface area contributed by atoms with Crippen molar-refractivity contribution >= 4 is 20.9 Å². The van der Waals surface area contributed by atoms with Crippen molar-refractivity contribution in [2.45, 2.75) is 63.2 Å². The van der Waals surface area contributed by atoms with Gasteiger partial charge in [0, 0.05) is 22.6 Å². The minimum absolute atomic E-state index is 0.00846. The van der Waals surface area contributed by atoms with Gasteiger partial charge in [0.2, 0.25) is 10.0 Å². The highest BCUT2D eigenvalue weighted by atomic mass is 32.2. The Balaban J connectivity index is 1.54. The standard InChI is InChI=1S/C25H29N3O2S/c1-25(2,3)31(29,30)28-20-12-10-18(11-13-20)24-15-22-21(8-5-9-23(22)27-24)19-7-4-6-17(14-19)16-26/h4-9,14-15,18,20,27-28H,10-13H2,1-3H3. The quantitative estimate of drug-likeness (QED) is 0.571. The van der Waals surface area contributed by atoms with Crippen molar-refractivity contribution in [3.05, 3.63) is 59.8 Å². The molecule has 0 aliphatic heterocycles. The summed E-state index contributed by atoms with van der Waals surface area (Å²) in [5.74, 6) is 0.390. The van der Waals surface area contributed by atoms with Gasteiger partial charge in [-0.15, -0.1) is 0 Å². The molecule has 2 N–H and O–H groups in total. The van der Waals surface area contributed by atoms with E-state index in [1.165, 1.54) is 5.69 Å². The third-order valence-corrected chi connectivity index (χ3v) is 8.54. The van der Waals surface area contributed by atoms with Gasteiger partial charge in [-0.1, -0.05) is 24.3 Å². The third-order valence-electron chi connectivity index (χ3n) is 6.28. The van der Waals surface area contributed by atoms with Crippen molar-refractivity contribution < 1.29 is 8.42 Å². The Morgan fingerprint density at radius 3 is 2.42 bits per heavy atom. The molecule has 0 saturated heterocycles. The summed E-state index contributed by atoms with van der Waals surface area (Å²) < 4.78 is 27.1. The van der Waals surface area contributed by atoms with Gasteiger partial charge >= 0.3 is 0 Å². The molecule has 1 fully saturated rings. The molecule has 0 atom stereocenters. The van der Waals surface area contributed by atoms with Gasteiger partial charge < -0.3 is 4.98 Å². The zero-order valence-electron chi connectivity index (χ0n) is 18.3. The molecule has 2 aromatic carbocycles. The Morgan fingerprint density at radius 2 is 1.74 bits per heavy atom. The summed E-state index contributed by atoms with van der Waals surface area (Å²) in [6.07, 6.45) is 3.58. The van der Waals surface area contributed by atoms with E-state index < -0.39 is 14.8 Å². The van der Waals surface area contributed by atoms with Gasteiger partial charge in [0.1, 0.15) is 0 Å². The molecule has 0 amide bonds. The number of nitriles is 1. The number of H-pyrrole nitrogens is 1. The van der Waals surface area contributed by atoms with Crippen LogP contribution in [0.4, 0.5) is 0 Å². The molecular formula is C25H29N3O2S. The van der Waals surface area contributed by atoms with Crippen molar-refractivity contribution in [2.75, 3.05) is 0 Å².